The largest absolute Gasteiger partial charge is 0.339 e. The fourth-order valence-corrected chi connectivity index (χ4v) is 3.03. The van der Waals surface area contributed by atoms with Crippen LogP contribution in [0.25, 0.3) is 0 Å². The highest BCUT2D eigenvalue weighted by Gasteiger charge is 2.23. The molecule has 0 spiro atoms. The number of benzene rings is 1. The summed E-state index contributed by atoms with van der Waals surface area (Å²) >= 11 is 0. The molecule has 20 heavy (non-hydrogen) atoms. The van der Waals surface area contributed by atoms with Crippen LogP contribution in [0.2, 0.25) is 0 Å². The zero-order valence-corrected chi connectivity index (χ0v) is 12.7. The lowest BCUT2D eigenvalue weighted by atomic mass is 9.89. The Hall–Kier alpha value is -1.38. The minimum atomic E-state index is -0.283. The molecule has 0 aromatic heterocycles. The van der Waals surface area contributed by atoms with Crippen LogP contribution in [0.15, 0.2) is 18.2 Å². The molecule has 2 rings (SSSR count). The van der Waals surface area contributed by atoms with E-state index in [0.717, 1.165) is 31.5 Å². The fraction of sp³-hybridized carbons (Fsp3) is 0.588. The van der Waals surface area contributed by atoms with Crippen LogP contribution in [0.4, 0.5) is 4.39 Å². The molecule has 1 amide bonds. The number of carbonyl (C=O) groups is 1. The Morgan fingerprint density at radius 1 is 1.30 bits per heavy atom. The van der Waals surface area contributed by atoms with Crippen molar-refractivity contribution >= 4 is 5.91 Å². The summed E-state index contributed by atoms with van der Waals surface area (Å²) in [5.74, 6) is 1.15. The van der Waals surface area contributed by atoms with Gasteiger partial charge in [0.05, 0.1) is 0 Å². The molecule has 0 radical (unpaired) electrons. The minimum Gasteiger partial charge on any atom is -0.339 e. The Labute approximate surface area is 121 Å². The van der Waals surface area contributed by atoms with Crippen molar-refractivity contribution in [3.05, 3.63) is 35.1 Å². The molecule has 0 N–H and O–H groups in total. The molecule has 1 atom stereocenters. The molecule has 2 nitrogen and oxygen atoms in total. The van der Waals surface area contributed by atoms with Crippen LogP contribution in [0.5, 0.6) is 0 Å². The van der Waals surface area contributed by atoms with Crippen LogP contribution in [0.3, 0.4) is 0 Å². The number of aryl methyl sites for hydroxylation is 1. The zero-order valence-electron chi connectivity index (χ0n) is 12.7. The third-order valence-electron chi connectivity index (χ3n) is 4.42. The molecule has 1 saturated heterocycles. The van der Waals surface area contributed by atoms with Crippen molar-refractivity contribution < 1.29 is 9.18 Å². The molecule has 1 unspecified atom stereocenters. The van der Waals surface area contributed by atoms with E-state index in [1.807, 2.05) is 4.90 Å². The van der Waals surface area contributed by atoms with Gasteiger partial charge in [-0.15, -0.1) is 0 Å². The Morgan fingerprint density at radius 2 is 2.05 bits per heavy atom. The van der Waals surface area contributed by atoms with Crippen molar-refractivity contribution in [3.8, 4) is 0 Å². The van der Waals surface area contributed by atoms with Crippen molar-refractivity contribution in [1.29, 1.82) is 0 Å². The average Bonchev–Trinajstić information content (AvgIpc) is 2.63. The fourth-order valence-electron chi connectivity index (χ4n) is 3.03. The topological polar surface area (TPSA) is 20.3 Å². The van der Waals surface area contributed by atoms with E-state index in [1.54, 1.807) is 13.0 Å². The first-order chi connectivity index (χ1) is 9.49. The van der Waals surface area contributed by atoms with Crippen LogP contribution >= 0.6 is 0 Å². The summed E-state index contributed by atoms with van der Waals surface area (Å²) in [6, 6.07) is 4.41. The average molecular weight is 277 g/mol. The van der Waals surface area contributed by atoms with E-state index in [4.69, 9.17) is 0 Å². The lowest BCUT2D eigenvalue weighted by Crippen LogP contribution is -2.32. The van der Waals surface area contributed by atoms with Gasteiger partial charge in [-0.1, -0.05) is 13.8 Å². The summed E-state index contributed by atoms with van der Waals surface area (Å²) in [5.41, 5.74) is 1.36. The van der Waals surface area contributed by atoms with Crippen molar-refractivity contribution in [3.63, 3.8) is 0 Å². The highest BCUT2D eigenvalue weighted by atomic mass is 19.1. The molecule has 1 aromatic carbocycles. The first kappa shape index (κ1) is 15.0. The van der Waals surface area contributed by atoms with E-state index in [2.05, 4.69) is 13.8 Å². The summed E-state index contributed by atoms with van der Waals surface area (Å²) in [5, 5.41) is 0. The van der Waals surface area contributed by atoms with Crippen molar-refractivity contribution in [2.75, 3.05) is 13.1 Å². The maximum absolute atomic E-state index is 13.1. The third-order valence-corrected chi connectivity index (χ3v) is 4.42. The number of hydrogen-bond donors (Lipinski definition) is 0. The number of hydrogen-bond acceptors (Lipinski definition) is 1. The second kappa shape index (κ2) is 6.38. The summed E-state index contributed by atoms with van der Waals surface area (Å²) in [7, 11) is 0. The van der Waals surface area contributed by atoms with Gasteiger partial charge in [-0.25, -0.2) is 4.39 Å². The molecule has 0 bridgehead atoms. The molecule has 1 aromatic rings. The van der Waals surface area contributed by atoms with E-state index < -0.39 is 0 Å². The van der Waals surface area contributed by atoms with Crippen molar-refractivity contribution in [2.45, 2.75) is 40.0 Å². The third kappa shape index (κ3) is 3.38. The van der Waals surface area contributed by atoms with Gasteiger partial charge in [0.2, 0.25) is 0 Å². The minimum absolute atomic E-state index is 0.0481. The highest BCUT2D eigenvalue weighted by Crippen LogP contribution is 2.25. The molecular weight excluding hydrogens is 253 g/mol. The highest BCUT2D eigenvalue weighted by molar-refractivity contribution is 5.95. The van der Waals surface area contributed by atoms with Gasteiger partial charge in [-0.2, -0.15) is 0 Å². The number of rotatable bonds is 2. The monoisotopic (exact) mass is 277 g/mol. The quantitative estimate of drug-likeness (QED) is 0.799. The van der Waals surface area contributed by atoms with Crippen LogP contribution in [0.1, 0.15) is 49.0 Å². The predicted octanol–water partition coefficient (Wildman–Crippen LogP) is 4.03. The molecule has 3 heteroatoms. The first-order valence-corrected chi connectivity index (χ1v) is 7.54. The Bertz CT molecular complexity index is 484. The van der Waals surface area contributed by atoms with Crippen LogP contribution < -0.4 is 0 Å². The van der Waals surface area contributed by atoms with Crippen LogP contribution in [0, 0.1) is 24.6 Å². The second-order valence-electron chi connectivity index (χ2n) is 6.19. The lowest BCUT2D eigenvalue weighted by Gasteiger charge is -2.22. The van der Waals surface area contributed by atoms with E-state index in [1.165, 1.54) is 18.6 Å². The Balaban J connectivity index is 2.09. The first-order valence-electron chi connectivity index (χ1n) is 7.54. The Kier molecular flexibility index (Phi) is 4.79. The number of likely N-dealkylation sites (tertiary alicyclic amines) is 1. The molecular formula is C17H24FNO. The van der Waals surface area contributed by atoms with Gasteiger partial charge in [0, 0.05) is 18.7 Å². The number of amides is 1. The van der Waals surface area contributed by atoms with Gasteiger partial charge in [0.15, 0.2) is 0 Å². The molecule has 0 saturated carbocycles. The Morgan fingerprint density at radius 3 is 2.70 bits per heavy atom. The van der Waals surface area contributed by atoms with Crippen LogP contribution in [-0.4, -0.2) is 23.9 Å². The maximum Gasteiger partial charge on any atom is 0.254 e. The zero-order chi connectivity index (χ0) is 14.7. The van der Waals surface area contributed by atoms with Gasteiger partial charge in [0.1, 0.15) is 5.82 Å². The molecule has 1 aliphatic heterocycles. The van der Waals surface area contributed by atoms with Crippen molar-refractivity contribution in [2.24, 2.45) is 11.8 Å². The number of carbonyl (C=O) groups excluding carboxylic acids is 1. The summed E-state index contributed by atoms with van der Waals surface area (Å²) in [4.78, 5) is 14.5. The van der Waals surface area contributed by atoms with Gasteiger partial charge in [-0.3, -0.25) is 4.79 Å². The van der Waals surface area contributed by atoms with Crippen molar-refractivity contribution in [1.82, 2.24) is 4.90 Å². The lowest BCUT2D eigenvalue weighted by molar-refractivity contribution is 0.0758. The smallest absolute Gasteiger partial charge is 0.254 e. The number of halogens is 1. The normalized spacial score (nSPS) is 20.1. The van der Waals surface area contributed by atoms with Gasteiger partial charge >= 0.3 is 0 Å². The van der Waals surface area contributed by atoms with E-state index >= 15 is 0 Å². The maximum atomic E-state index is 13.1. The van der Waals surface area contributed by atoms with Crippen LogP contribution in [-0.2, 0) is 0 Å². The molecule has 0 aliphatic carbocycles. The predicted molar refractivity (Wildman–Crippen MR) is 79.2 cm³/mol. The van der Waals surface area contributed by atoms with Gasteiger partial charge in [-0.05, 0) is 61.8 Å². The molecule has 1 fully saturated rings. The standard InChI is InChI=1S/C17H24FNO/c1-12(2)14-5-4-9-19(10-8-14)17(20)16-7-6-15(18)11-13(16)3/h6-7,11-12,14H,4-5,8-10H2,1-3H3. The summed E-state index contributed by atoms with van der Waals surface area (Å²) in [6.07, 6.45) is 3.34. The summed E-state index contributed by atoms with van der Waals surface area (Å²) in [6.45, 7) is 7.95. The molecule has 110 valence electrons. The van der Waals surface area contributed by atoms with E-state index in [9.17, 15) is 9.18 Å². The molecule has 1 aliphatic rings. The molecule has 1 heterocycles. The second-order valence-corrected chi connectivity index (χ2v) is 6.19. The number of nitrogens with zero attached hydrogens (tertiary/aromatic N) is 1. The van der Waals surface area contributed by atoms with Gasteiger partial charge < -0.3 is 4.90 Å². The van der Waals surface area contributed by atoms with Gasteiger partial charge in [0.25, 0.3) is 5.91 Å². The summed E-state index contributed by atoms with van der Waals surface area (Å²) < 4.78 is 13.1. The van der Waals surface area contributed by atoms with E-state index in [-0.39, 0.29) is 11.7 Å². The SMILES string of the molecule is Cc1cc(F)ccc1C(=O)N1CCCC(C(C)C)CC1. The van der Waals surface area contributed by atoms with E-state index in [0.29, 0.717) is 17.4 Å².